The maximum Gasteiger partial charge on any atom is 0.261 e. The highest BCUT2D eigenvalue weighted by molar-refractivity contribution is 9.10. The number of carbonyl (C=O) groups excluding carboxylic acids is 1. The smallest absolute Gasteiger partial charge is 0.261 e. The van der Waals surface area contributed by atoms with Gasteiger partial charge in [-0.1, -0.05) is 19.1 Å². The summed E-state index contributed by atoms with van der Waals surface area (Å²) in [6, 6.07) is 11.7. The molecular weight excluding hydrogens is 440 g/mol. The molecule has 7 heteroatoms. The fourth-order valence-electron chi connectivity index (χ4n) is 3.37. The minimum atomic E-state index is -3.81. The number of halogens is 1. The minimum Gasteiger partial charge on any atom is -0.339 e. The first kappa shape index (κ1) is 20.9. The molecule has 1 amide bonds. The Balaban J connectivity index is 1.83. The Labute approximate surface area is 175 Å². The van der Waals surface area contributed by atoms with Gasteiger partial charge in [-0.15, -0.1) is 0 Å². The highest BCUT2D eigenvalue weighted by Crippen LogP contribution is 2.27. The van der Waals surface area contributed by atoms with E-state index in [4.69, 9.17) is 0 Å². The van der Waals surface area contributed by atoms with Crippen LogP contribution in [0.25, 0.3) is 0 Å². The second-order valence-electron chi connectivity index (χ2n) is 7.44. The average molecular weight is 465 g/mol. The van der Waals surface area contributed by atoms with Crippen LogP contribution in [0.4, 0.5) is 5.69 Å². The lowest BCUT2D eigenvalue weighted by atomic mass is 10.0. The van der Waals surface area contributed by atoms with Gasteiger partial charge in [0.1, 0.15) is 0 Å². The van der Waals surface area contributed by atoms with Crippen molar-refractivity contribution in [3.05, 3.63) is 58.1 Å². The lowest BCUT2D eigenvalue weighted by Gasteiger charge is -2.21. The molecule has 1 saturated heterocycles. The average Bonchev–Trinajstić information content (AvgIpc) is 2.88. The lowest BCUT2D eigenvalue weighted by Crippen LogP contribution is -2.32. The Hall–Kier alpha value is -1.86. The van der Waals surface area contributed by atoms with E-state index in [2.05, 4.69) is 27.6 Å². The number of hydrogen-bond donors (Lipinski definition) is 1. The summed E-state index contributed by atoms with van der Waals surface area (Å²) in [5.41, 5.74) is 1.82. The number of anilines is 1. The molecule has 3 rings (SSSR count). The third-order valence-corrected chi connectivity index (χ3v) is 7.12. The lowest BCUT2D eigenvalue weighted by molar-refractivity contribution is 0.0760. The Morgan fingerprint density at radius 2 is 1.93 bits per heavy atom. The van der Waals surface area contributed by atoms with Crippen LogP contribution in [-0.2, 0) is 10.0 Å². The summed E-state index contributed by atoms with van der Waals surface area (Å²) < 4.78 is 29.0. The van der Waals surface area contributed by atoms with Gasteiger partial charge in [0.2, 0.25) is 0 Å². The van der Waals surface area contributed by atoms with E-state index in [9.17, 15) is 13.2 Å². The van der Waals surface area contributed by atoms with Crippen LogP contribution in [0.1, 0.15) is 42.1 Å². The van der Waals surface area contributed by atoms with E-state index in [1.807, 2.05) is 17.9 Å². The van der Waals surface area contributed by atoms with Gasteiger partial charge >= 0.3 is 0 Å². The standard InChI is InChI=1S/C21H25BrN2O3S/c1-15-5-4-11-24(12-10-15)21(25)17-6-3-7-18(14-17)28(26,27)23-20-13-16(2)8-9-19(20)22/h3,6-9,13-15,23H,4-5,10-12H2,1-2H3. The Bertz CT molecular complexity index is 975. The van der Waals surface area contributed by atoms with Crippen LogP contribution < -0.4 is 4.72 Å². The summed E-state index contributed by atoms with van der Waals surface area (Å²) in [4.78, 5) is 14.8. The maximum atomic E-state index is 12.9. The first-order chi connectivity index (χ1) is 13.3. The molecule has 1 heterocycles. The number of benzene rings is 2. The molecule has 0 aromatic heterocycles. The number of amides is 1. The summed E-state index contributed by atoms with van der Waals surface area (Å²) in [6.07, 6.45) is 3.08. The van der Waals surface area contributed by atoms with Crippen molar-refractivity contribution in [3.63, 3.8) is 0 Å². The molecule has 150 valence electrons. The van der Waals surface area contributed by atoms with Crippen molar-refractivity contribution in [2.45, 2.75) is 38.0 Å². The van der Waals surface area contributed by atoms with E-state index >= 15 is 0 Å². The third kappa shape index (κ3) is 4.94. The van der Waals surface area contributed by atoms with E-state index < -0.39 is 10.0 Å². The number of likely N-dealkylation sites (tertiary alicyclic amines) is 1. The summed E-state index contributed by atoms with van der Waals surface area (Å²) in [5.74, 6) is 0.504. The predicted molar refractivity (Wildman–Crippen MR) is 115 cm³/mol. The Kier molecular flexibility index (Phi) is 6.45. The molecule has 1 N–H and O–H groups in total. The van der Waals surface area contributed by atoms with Gasteiger partial charge in [-0.05, 0) is 83.9 Å². The summed E-state index contributed by atoms with van der Waals surface area (Å²) in [5, 5.41) is 0. The number of nitrogens with one attached hydrogen (secondary N) is 1. The SMILES string of the molecule is Cc1ccc(Br)c(NS(=O)(=O)c2cccc(C(=O)N3CCCC(C)CC3)c2)c1. The second-order valence-corrected chi connectivity index (χ2v) is 9.98. The molecule has 1 fully saturated rings. The number of hydrogen-bond acceptors (Lipinski definition) is 3. The highest BCUT2D eigenvalue weighted by Gasteiger charge is 2.22. The van der Waals surface area contributed by atoms with Crippen LogP contribution >= 0.6 is 15.9 Å². The fourth-order valence-corrected chi connectivity index (χ4v) is 4.96. The van der Waals surface area contributed by atoms with Crippen molar-refractivity contribution in [2.75, 3.05) is 17.8 Å². The summed E-state index contributed by atoms with van der Waals surface area (Å²) >= 11 is 3.37. The molecule has 0 spiro atoms. The molecule has 1 unspecified atom stereocenters. The zero-order chi connectivity index (χ0) is 20.3. The van der Waals surface area contributed by atoms with Gasteiger partial charge in [0.15, 0.2) is 0 Å². The zero-order valence-electron chi connectivity index (χ0n) is 16.1. The number of nitrogens with zero attached hydrogens (tertiary/aromatic N) is 1. The van der Waals surface area contributed by atoms with E-state index in [-0.39, 0.29) is 10.8 Å². The van der Waals surface area contributed by atoms with Crippen LogP contribution in [0.15, 0.2) is 51.8 Å². The number of sulfonamides is 1. The van der Waals surface area contributed by atoms with Crippen molar-refractivity contribution < 1.29 is 13.2 Å². The third-order valence-electron chi connectivity index (χ3n) is 5.06. The Morgan fingerprint density at radius 3 is 2.71 bits per heavy atom. The zero-order valence-corrected chi connectivity index (χ0v) is 18.5. The first-order valence-corrected chi connectivity index (χ1v) is 11.7. The maximum absolute atomic E-state index is 12.9. The minimum absolute atomic E-state index is 0.0787. The molecule has 0 saturated carbocycles. The molecule has 5 nitrogen and oxygen atoms in total. The van der Waals surface area contributed by atoms with Crippen molar-refractivity contribution in [2.24, 2.45) is 5.92 Å². The van der Waals surface area contributed by atoms with E-state index in [0.717, 1.165) is 24.8 Å². The van der Waals surface area contributed by atoms with Gasteiger partial charge in [-0.25, -0.2) is 8.42 Å². The highest BCUT2D eigenvalue weighted by atomic mass is 79.9. The quantitative estimate of drug-likeness (QED) is 0.704. The van der Waals surface area contributed by atoms with E-state index in [1.54, 1.807) is 24.3 Å². The summed E-state index contributed by atoms with van der Waals surface area (Å²) in [7, 11) is -3.81. The first-order valence-electron chi connectivity index (χ1n) is 9.44. The van der Waals surface area contributed by atoms with Crippen LogP contribution in [0.2, 0.25) is 0 Å². The molecule has 0 aliphatic carbocycles. The number of aryl methyl sites for hydroxylation is 1. The predicted octanol–water partition coefficient (Wildman–Crippen LogP) is 4.82. The normalized spacial score (nSPS) is 17.8. The van der Waals surface area contributed by atoms with Gasteiger partial charge in [0.25, 0.3) is 15.9 Å². The van der Waals surface area contributed by atoms with Gasteiger partial charge in [0.05, 0.1) is 10.6 Å². The fraction of sp³-hybridized carbons (Fsp3) is 0.381. The summed E-state index contributed by atoms with van der Waals surface area (Å²) in [6.45, 7) is 5.53. The monoisotopic (exact) mass is 464 g/mol. The molecule has 2 aromatic carbocycles. The van der Waals surface area contributed by atoms with Crippen molar-refractivity contribution in [3.8, 4) is 0 Å². The molecule has 2 aromatic rings. The van der Waals surface area contributed by atoms with Gasteiger partial charge in [-0.2, -0.15) is 0 Å². The second kappa shape index (κ2) is 8.66. The molecule has 1 aliphatic rings. The topological polar surface area (TPSA) is 66.5 Å². The van der Waals surface area contributed by atoms with E-state index in [0.29, 0.717) is 34.7 Å². The van der Waals surface area contributed by atoms with Crippen LogP contribution in [-0.4, -0.2) is 32.3 Å². The van der Waals surface area contributed by atoms with E-state index in [1.165, 1.54) is 12.1 Å². The van der Waals surface area contributed by atoms with Crippen molar-refractivity contribution >= 4 is 37.5 Å². The molecule has 28 heavy (non-hydrogen) atoms. The molecule has 1 atom stereocenters. The van der Waals surface area contributed by atoms with Crippen LogP contribution in [0, 0.1) is 12.8 Å². The van der Waals surface area contributed by atoms with Gasteiger partial charge in [0, 0.05) is 23.1 Å². The molecule has 1 aliphatic heterocycles. The van der Waals surface area contributed by atoms with Crippen LogP contribution in [0.5, 0.6) is 0 Å². The molecule has 0 radical (unpaired) electrons. The molecular formula is C21H25BrN2O3S. The molecule has 0 bridgehead atoms. The number of carbonyl (C=O) groups is 1. The number of rotatable bonds is 4. The van der Waals surface area contributed by atoms with Gasteiger partial charge < -0.3 is 4.90 Å². The largest absolute Gasteiger partial charge is 0.339 e. The van der Waals surface area contributed by atoms with Crippen molar-refractivity contribution in [1.82, 2.24) is 4.90 Å². The van der Waals surface area contributed by atoms with Crippen molar-refractivity contribution in [1.29, 1.82) is 0 Å². The van der Waals surface area contributed by atoms with Crippen LogP contribution in [0.3, 0.4) is 0 Å². The van der Waals surface area contributed by atoms with Gasteiger partial charge in [-0.3, -0.25) is 9.52 Å². The Morgan fingerprint density at radius 1 is 1.14 bits per heavy atom.